The maximum atomic E-state index is 14.2. The van der Waals surface area contributed by atoms with Gasteiger partial charge < -0.3 is 9.84 Å². The Morgan fingerprint density at radius 1 is 1.17 bits per heavy atom. The van der Waals surface area contributed by atoms with Crippen LogP contribution < -0.4 is 10.1 Å². The second kappa shape index (κ2) is 8.31. The summed E-state index contributed by atoms with van der Waals surface area (Å²) in [5, 5.41) is 18.4. The molecule has 0 amide bonds. The summed E-state index contributed by atoms with van der Waals surface area (Å²) in [6.45, 7) is -0.437. The molecule has 6 nitrogen and oxygen atoms in total. The Morgan fingerprint density at radius 3 is 2.48 bits per heavy atom. The minimum Gasteiger partial charge on any atom is -0.480 e. The summed E-state index contributed by atoms with van der Waals surface area (Å²) < 4.78 is 55.2. The van der Waals surface area contributed by atoms with E-state index in [1.165, 1.54) is 36.5 Å². The van der Waals surface area contributed by atoms with Gasteiger partial charge in [-0.1, -0.05) is 24.3 Å². The summed E-state index contributed by atoms with van der Waals surface area (Å²) in [7, 11) is 0. The number of halogens is 4. The van der Waals surface area contributed by atoms with Gasteiger partial charge >= 0.3 is 12.3 Å². The molecule has 2 aromatic carbocycles. The molecule has 1 heterocycles. The quantitative estimate of drug-likeness (QED) is 0.516. The van der Waals surface area contributed by atoms with E-state index in [1.807, 2.05) is 0 Å². The molecule has 1 aromatic heterocycles. The van der Waals surface area contributed by atoms with Crippen LogP contribution in [0.25, 0.3) is 11.3 Å². The Hall–Kier alpha value is -3.40. The van der Waals surface area contributed by atoms with Gasteiger partial charge in [0.2, 0.25) is 0 Å². The highest BCUT2D eigenvalue weighted by Crippen LogP contribution is 2.33. The first-order valence-electron chi connectivity index (χ1n) is 8.33. The van der Waals surface area contributed by atoms with Crippen LogP contribution in [0.3, 0.4) is 0 Å². The van der Waals surface area contributed by atoms with Crippen LogP contribution in [0.1, 0.15) is 17.2 Å². The highest BCUT2D eigenvalue weighted by molar-refractivity contribution is 5.70. The molecule has 0 fully saturated rings. The number of nitrogens with zero attached hydrogens (tertiary/aromatic N) is 1. The summed E-state index contributed by atoms with van der Waals surface area (Å²) in [6, 6.07) is 10.1. The van der Waals surface area contributed by atoms with Crippen LogP contribution in [-0.4, -0.2) is 34.2 Å². The molecule has 29 heavy (non-hydrogen) atoms. The fourth-order valence-corrected chi connectivity index (χ4v) is 2.85. The highest BCUT2D eigenvalue weighted by atomic mass is 19.4. The molecule has 1 atom stereocenters. The third-order valence-electron chi connectivity index (χ3n) is 4.03. The molecule has 0 saturated heterocycles. The first kappa shape index (κ1) is 20.3. The monoisotopic (exact) mass is 409 g/mol. The number of carbonyl (C=O) groups is 1. The zero-order chi connectivity index (χ0) is 21.0. The van der Waals surface area contributed by atoms with E-state index in [-0.39, 0.29) is 5.56 Å². The van der Waals surface area contributed by atoms with E-state index in [0.717, 1.165) is 12.1 Å². The molecule has 1 unspecified atom stereocenters. The molecule has 0 aliphatic rings. The summed E-state index contributed by atoms with van der Waals surface area (Å²) in [5.41, 5.74) is 1.42. The zero-order valence-corrected chi connectivity index (χ0v) is 14.7. The average Bonchev–Trinajstić information content (AvgIpc) is 3.11. The zero-order valence-electron chi connectivity index (χ0n) is 14.7. The van der Waals surface area contributed by atoms with Crippen LogP contribution in [0.2, 0.25) is 0 Å². The smallest absolute Gasteiger partial charge is 0.480 e. The van der Waals surface area contributed by atoms with Crippen molar-refractivity contribution in [2.24, 2.45) is 0 Å². The number of hydrogen-bond acceptors (Lipinski definition) is 4. The van der Waals surface area contributed by atoms with Gasteiger partial charge in [0, 0.05) is 11.1 Å². The van der Waals surface area contributed by atoms with Crippen molar-refractivity contribution < 1.29 is 32.2 Å². The van der Waals surface area contributed by atoms with Gasteiger partial charge in [-0.15, -0.1) is 13.2 Å². The molecule has 10 heteroatoms. The number of benzene rings is 2. The number of carboxylic acid groups (broad SMARTS) is 1. The highest BCUT2D eigenvalue weighted by Gasteiger charge is 2.31. The fraction of sp³-hybridized carbons (Fsp3) is 0.158. The predicted octanol–water partition coefficient (Wildman–Crippen LogP) is 3.88. The second-order valence-electron chi connectivity index (χ2n) is 6.00. The minimum atomic E-state index is -4.83. The van der Waals surface area contributed by atoms with E-state index >= 15 is 0 Å². The van der Waals surface area contributed by atoms with Gasteiger partial charge in [-0.05, 0) is 29.8 Å². The van der Waals surface area contributed by atoms with Crippen molar-refractivity contribution in [3.8, 4) is 17.0 Å². The first-order valence-corrected chi connectivity index (χ1v) is 8.33. The number of rotatable bonds is 7. The molecule has 3 aromatic rings. The lowest BCUT2D eigenvalue weighted by Gasteiger charge is -2.19. The molecule has 3 rings (SSSR count). The van der Waals surface area contributed by atoms with Crippen LogP contribution in [0.4, 0.5) is 17.6 Å². The van der Waals surface area contributed by atoms with Crippen molar-refractivity contribution >= 4 is 5.97 Å². The maximum absolute atomic E-state index is 14.2. The molecule has 0 radical (unpaired) electrons. The Balaban J connectivity index is 1.98. The first-order chi connectivity index (χ1) is 13.7. The van der Waals surface area contributed by atoms with Crippen molar-refractivity contribution in [2.75, 3.05) is 6.54 Å². The predicted molar refractivity (Wildman–Crippen MR) is 94.6 cm³/mol. The van der Waals surface area contributed by atoms with Crippen molar-refractivity contribution in [3.05, 3.63) is 71.7 Å². The van der Waals surface area contributed by atoms with Crippen molar-refractivity contribution in [3.63, 3.8) is 0 Å². The summed E-state index contributed by atoms with van der Waals surface area (Å²) >= 11 is 0. The molecule has 0 saturated carbocycles. The lowest BCUT2D eigenvalue weighted by Crippen LogP contribution is -2.28. The van der Waals surface area contributed by atoms with Crippen LogP contribution in [0, 0.1) is 5.82 Å². The summed E-state index contributed by atoms with van der Waals surface area (Å²) in [6.07, 6.45) is -3.42. The van der Waals surface area contributed by atoms with Crippen molar-refractivity contribution in [1.29, 1.82) is 0 Å². The van der Waals surface area contributed by atoms with E-state index < -0.39 is 36.5 Å². The second-order valence-corrected chi connectivity index (χ2v) is 6.00. The summed E-state index contributed by atoms with van der Waals surface area (Å²) in [4.78, 5) is 11.0. The topological polar surface area (TPSA) is 87.2 Å². The number of H-pyrrole nitrogens is 1. The molecule has 0 spiro atoms. The van der Waals surface area contributed by atoms with Gasteiger partial charge in [0.15, 0.2) is 0 Å². The van der Waals surface area contributed by atoms with Crippen molar-refractivity contribution in [2.45, 2.75) is 12.4 Å². The van der Waals surface area contributed by atoms with E-state index in [4.69, 9.17) is 5.11 Å². The Bertz CT molecular complexity index is 987. The normalized spacial score (nSPS) is 12.6. The SMILES string of the molecule is O=C(O)CNC(c1ccc(OC(F)(F)F)cc1)c1cn[nH]c1-c1ccccc1F. The van der Waals surface area contributed by atoms with Gasteiger partial charge in [-0.25, -0.2) is 4.39 Å². The van der Waals surface area contributed by atoms with Crippen LogP contribution in [-0.2, 0) is 4.79 Å². The fourth-order valence-electron chi connectivity index (χ4n) is 2.85. The van der Waals surface area contributed by atoms with Crippen LogP contribution >= 0.6 is 0 Å². The molecule has 152 valence electrons. The van der Waals surface area contributed by atoms with Gasteiger partial charge in [-0.3, -0.25) is 15.2 Å². The van der Waals surface area contributed by atoms with Crippen LogP contribution in [0.5, 0.6) is 5.75 Å². The van der Waals surface area contributed by atoms with Gasteiger partial charge in [-0.2, -0.15) is 5.10 Å². The van der Waals surface area contributed by atoms with Gasteiger partial charge in [0.1, 0.15) is 11.6 Å². The number of aliphatic carboxylic acids is 1. The summed E-state index contributed by atoms with van der Waals surface area (Å²) in [5.74, 6) is -2.06. The van der Waals surface area contributed by atoms with E-state index in [1.54, 1.807) is 6.07 Å². The Labute approximate surface area is 162 Å². The van der Waals surface area contributed by atoms with Gasteiger partial charge in [0.05, 0.1) is 24.5 Å². The van der Waals surface area contributed by atoms with E-state index in [9.17, 15) is 22.4 Å². The number of hydrogen-bond donors (Lipinski definition) is 3. The molecular formula is C19H15F4N3O3. The van der Waals surface area contributed by atoms with E-state index in [0.29, 0.717) is 16.8 Å². The molecule has 3 N–H and O–H groups in total. The van der Waals surface area contributed by atoms with Crippen LogP contribution in [0.15, 0.2) is 54.7 Å². The van der Waals surface area contributed by atoms with Crippen molar-refractivity contribution in [1.82, 2.24) is 15.5 Å². The molecule has 0 aliphatic carbocycles. The number of ether oxygens (including phenoxy) is 1. The standard InChI is InChI=1S/C19H15F4N3O3/c20-15-4-2-1-3-13(15)18-14(9-25-26-18)17(24-10-16(27)28)11-5-7-12(8-6-11)29-19(21,22)23/h1-9,17,24H,10H2,(H,25,26)(H,27,28). The lowest BCUT2D eigenvalue weighted by molar-refractivity contribution is -0.274. The molecule has 0 aliphatic heterocycles. The van der Waals surface area contributed by atoms with E-state index in [2.05, 4.69) is 20.3 Å². The number of carboxylic acids is 1. The molecular weight excluding hydrogens is 394 g/mol. The number of alkyl halides is 3. The third-order valence-corrected chi connectivity index (χ3v) is 4.03. The lowest BCUT2D eigenvalue weighted by atomic mass is 9.96. The minimum absolute atomic E-state index is 0.221. The Morgan fingerprint density at radius 2 is 1.86 bits per heavy atom. The number of aromatic amines is 1. The Kier molecular flexibility index (Phi) is 5.83. The third kappa shape index (κ3) is 5.11. The molecule has 0 bridgehead atoms. The van der Waals surface area contributed by atoms with Gasteiger partial charge in [0.25, 0.3) is 0 Å². The number of nitrogens with one attached hydrogen (secondary N) is 2. The number of aromatic nitrogens is 2. The average molecular weight is 409 g/mol. The maximum Gasteiger partial charge on any atom is 0.573 e. The largest absolute Gasteiger partial charge is 0.573 e.